The van der Waals surface area contributed by atoms with Gasteiger partial charge < -0.3 is 5.32 Å². The molecule has 1 heterocycles. The lowest BCUT2D eigenvalue weighted by Crippen LogP contribution is -2.41. The number of hydrogen-bond acceptors (Lipinski definition) is 3. The van der Waals surface area contributed by atoms with Crippen molar-refractivity contribution in [3.8, 4) is 0 Å². The van der Waals surface area contributed by atoms with Crippen LogP contribution in [0.15, 0.2) is 18.2 Å². The van der Waals surface area contributed by atoms with Crippen LogP contribution in [0.2, 0.25) is 0 Å². The number of benzene rings is 1. The zero-order chi connectivity index (χ0) is 16.0. The summed E-state index contributed by atoms with van der Waals surface area (Å²) in [6, 6.07) is 6.22. The molecule has 1 aromatic carbocycles. The number of carbonyl (C=O) groups is 1. The van der Waals surface area contributed by atoms with Crippen molar-refractivity contribution in [1.82, 2.24) is 0 Å². The summed E-state index contributed by atoms with van der Waals surface area (Å²) < 4.78 is 0.469. The predicted molar refractivity (Wildman–Crippen MR) is 101 cm³/mol. The van der Waals surface area contributed by atoms with Crippen molar-refractivity contribution in [1.29, 1.82) is 0 Å². The number of anilines is 1. The maximum Gasteiger partial charge on any atom is 0.227 e. The van der Waals surface area contributed by atoms with Gasteiger partial charge in [0.25, 0.3) is 0 Å². The summed E-state index contributed by atoms with van der Waals surface area (Å²) >= 11 is 4.39. The van der Waals surface area contributed by atoms with Gasteiger partial charge in [-0.25, -0.2) is 0 Å². The van der Waals surface area contributed by atoms with Gasteiger partial charge in [-0.1, -0.05) is 6.07 Å². The highest BCUT2D eigenvalue weighted by molar-refractivity contribution is 8.21. The Labute approximate surface area is 147 Å². The zero-order valence-electron chi connectivity index (χ0n) is 13.9. The molecule has 2 unspecified atom stereocenters. The lowest BCUT2D eigenvalue weighted by Gasteiger charge is -2.42. The van der Waals surface area contributed by atoms with Gasteiger partial charge in [0.2, 0.25) is 5.91 Å². The first-order chi connectivity index (χ1) is 11.1. The van der Waals surface area contributed by atoms with Gasteiger partial charge in [0.1, 0.15) is 0 Å². The van der Waals surface area contributed by atoms with Crippen LogP contribution in [0.5, 0.6) is 0 Å². The van der Waals surface area contributed by atoms with Crippen LogP contribution >= 0.6 is 23.5 Å². The Morgan fingerprint density at radius 1 is 1.09 bits per heavy atom. The third-order valence-electron chi connectivity index (χ3n) is 6.02. The smallest absolute Gasteiger partial charge is 0.227 e. The molecule has 4 heteroatoms. The van der Waals surface area contributed by atoms with Crippen molar-refractivity contribution in [2.24, 2.45) is 17.8 Å². The normalized spacial score (nSPS) is 31.5. The summed E-state index contributed by atoms with van der Waals surface area (Å²) in [6.45, 7) is 4.21. The highest BCUT2D eigenvalue weighted by Gasteiger charge is 2.57. The molecule has 1 amide bonds. The molecular weight excluding hydrogens is 322 g/mol. The molecule has 0 aromatic heterocycles. The maximum absolute atomic E-state index is 12.8. The highest BCUT2D eigenvalue weighted by atomic mass is 32.2. The highest BCUT2D eigenvalue weighted by Crippen LogP contribution is 2.65. The molecule has 23 heavy (non-hydrogen) atoms. The van der Waals surface area contributed by atoms with E-state index in [1.54, 1.807) is 0 Å². The van der Waals surface area contributed by atoms with Gasteiger partial charge in [0.05, 0.1) is 4.08 Å². The van der Waals surface area contributed by atoms with Crippen LogP contribution in [0.25, 0.3) is 0 Å². The van der Waals surface area contributed by atoms with Gasteiger partial charge in [-0.05, 0) is 74.6 Å². The Kier molecular flexibility index (Phi) is 4.17. The maximum atomic E-state index is 12.8. The summed E-state index contributed by atoms with van der Waals surface area (Å²) in [6.07, 6.45) is 4.84. The number of thioether (sulfide) groups is 2. The van der Waals surface area contributed by atoms with Crippen LogP contribution in [0.1, 0.15) is 36.8 Å². The second-order valence-corrected chi connectivity index (χ2v) is 10.3. The Hall–Kier alpha value is -0.610. The van der Waals surface area contributed by atoms with E-state index >= 15 is 0 Å². The third-order valence-corrected chi connectivity index (χ3v) is 10.0. The van der Waals surface area contributed by atoms with Crippen molar-refractivity contribution in [2.75, 3.05) is 16.8 Å². The molecule has 1 aliphatic heterocycles. The number of nitrogens with one attached hydrogen (secondary N) is 1. The molecule has 2 bridgehead atoms. The van der Waals surface area contributed by atoms with Crippen LogP contribution in [0.3, 0.4) is 0 Å². The van der Waals surface area contributed by atoms with Gasteiger partial charge in [0, 0.05) is 23.1 Å². The number of rotatable bonds is 2. The van der Waals surface area contributed by atoms with Gasteiger partial charge in [-0.15, -0.1) is 23.5 Å². The summed E-state index contributed by atoms with van der Waals surface area (Å²) in [5, 5.41) is 3.18. The van der Waals surface area contributed by atoms with E-state index in [0.29, 0.717) is 4.08 Å². The molecule has 2 aliphatic carbocycles. The molecule has 1 saturated heterocycles. The molecule has 2 nitrogen and oxygen atoms in total. The largest absolute Gasteiger partial charge is 0.326 e. The van der Waals surface area contributed by atoms with Crippen LogP contribution in [0.4, 0.5) is 5.69 Å². The van der Waals surface area contributed by atoms with E-state index in [4.69, 9.17) is 0 Å². The third kappa shape index (κ3) is 2.72. The van der Waals surface area contributed by atoms with E-state index < -0.39 is 0 Å². The van der Waals surface area contributed by atoms with Gasteiger partial charge in [-0.2, -0.15) is 0 Å². The van der Waals surface area contributed by atoms with Gasteiger partial charge in [0.15, 0.2) is 0 Å². The molecule has 1 N–H and O–H groups in total. The number of hydrogen-bond donors (Lipinski definition) is 1. The average Bonchev–Trinajstić information content (AvgIpc) is 3.06. The molecule has 1 spiro atoms. The van der Waals surface area contributed by atoms with E-state index in [1.807, 2.05) is 6.07 Å². The van der Waals surface area contributed by atoms with E-state index in [1.165, 1.54) is 35.5 Å². The lowest BCUT2D eigenvalue weighted by atomic mass is 9.79. The van der Waals surface area contributed by atoms with Crippen LogP contribution in [-0.2, 0) is 4.79 Å². The minimum absolute atomic E-state index is 0.210. The summed E-state index contributed by atoms with van der Waals surface area (Å²) in [5.41, 5.74) is 3.47. The average molecular weight is 348 g/mol. The lowest BCUT2D eigenvalue weighted by molar-refractivity contribution is -0.121. The second-order valence-electron chi connectivity index (χ2n) is 7.35. The Bertz CT molecular complexity index is 608. The topological polar surface area (TPSA) is 29.1 Å². The minimum atomic E-state index is 0.210. The fourth-order valence-electron chi connectivity index (χ4n) is 4.68. The molecule has 2 saturated carbocycles. The molecule has 124 valence electrons. The quantitative estimate of drug-likeness (QED) is 0.829. The SMILES string of the molecule is Cc1ccc(NC(=O)C2CC3CCC(C2)C32SCCS2)cc1C. The molecule has 3 aliphatic rings. The molecule has 1 aromatic rings. The van der Waals surface area contributed by atoms with Crippen molar-refractivity contribution in [2.45, 2.75) is 43.6 Å². The summed E-state index contributed by atoms with van der Waals surface area (Å²) in [7, 11) is 0. The van der Waals surface area contributed by atoms with Crippen molar-refractivity contribution in [3.63, 3.8) is 0 Å². The minimum Gasteiger partial charge on any atom is -0.326 e. The zero-order valence-corrected chi connectivity index (χ0v) is 15.6. The predicted octanol–water partition coefficient (Wildman–Crippen LogP) is 4.85. The second kappa shape index (κ2) is 6.03. The Morgan fingerprint density at radius 3 is 2.35 bits per heavy atom. The number of carbonyl (C=O) groups excluding carboxylic acids is 1. The van der Waals surface area contributed by atoms with E-state index in [9.17, 15) is 4.79 Å². The molecular formula is C19H25NOS2. The Balaban J connectivity index is 1.45. The number of aryl methyl sites for hydroxylation is 2. The van der Waals surface area contributed by atoms with E-state index in [2.05, 4.69) is 54.8 Å². The van der Waals surface area contributed by atoms with Crippen molar-refractivity contribution in [3.05, 3.63) is 29.3 Å². The summed E-state index contributed by atoms with van der Waals surface area (Å²) in [5.74, 6) is 4.55. The number of amides is 1. The van der Waals surface area contributed by atoms with Crippen molar-refractivity contribution >= 4 is 35.1 Å². The van der Waals surface area contributed by atoms with E-state index in [-0.39, 0.29) is 11.8 Å². The molecule has 4 rings (SSSR count). The van der Waals surface area contributed by atoms with E-state index in [0.717, 1.165) is 30.4 Å². The first-order valence-corrected chi connectivity index (χ1v) is 10.7. The van der Waals surface area contributed by atoms with Crippen molar-refractivity contribution < 1.29 is 4.79 Å². The molecule has 3 fully saturated rings. The van der Waals surface area contributed by atoms with Gasteiger partial charge in [-0.3, -0.25) is 4.79 Å². The van der Waals surface area contributed by atoms with Crippen LogP contribution < -0.4 is 5.32 Å². The molecule has 2 atom stereocenters. The Morgan fingerprint density at radius 2 is 1.74 bits per heavy atom. The molecule has 0 radical (unpaired) electrons. The fourth-order valence-corrected chi connectivity index (χ4v) is 8.62. The van der Waals surface area contributed by atoms with Crippen LogP contribution in [0, 0.1) is 31.6 Å². The fraction of sp³-hybridized carbons (Fsp3) is 0.632. The monoisotopic (exact) mass is 347 g/mol. The van der Waals surface area contributed by atoms with Gasteiger partial charge >= 0.3 is 0 Å². The standard InChI is InChI=1S/C19H25NOS2/c1-12-3-6-17(9-13(12)2)20-18(21)14-10-15-4-5-16(11-14)19(15)22-7-8-23-19/h3,6,9,14-16H,4-5,7-8,10-11H2,1-2H3,(H,20,21). The van der Waals surface area contributed by atoms with Crippen LogP contribution in [-0.4, -0.2) is 21.5 Å². The summed E-state index contributed by atoms with van der Waals surface area (Å²) in [4.78, 5) is 12.8. The first-order valence-electron chi connectivity index (χ1n) is 8.74. The first kappa shape index (κ1) is 15.9.